The zero-order chi connectivity index (χ0) is 67.6. The molecule has 0 spiro atoms. The number of carbonyl (C=O) groups is 8. The summed E-state index contributed by atoms with van der Waals surface area (Å²) in [6.45, 7) is 23.9. The highest BCUT2D eigenvalue weighted by Crippen LogP contribution is 2.38. The molecule has 3 fully saturated rings. The fourth-order valence-electron chi connectivity index (χ4n) is 11.3. The summed E-state index contributed by atoms with van der Waals surface area (Å²) < 4.78 is 76.5. The van der Waals surface area contributed by atoms with Crippen molar-refractivity contribution in [2.24, 2.45) is 53.3 Å². The van der Waals surface area contributed by atoms with Crippen LogP contribution in [0.2, 0.25) is 0 Å². The third kappa shape index (κ3) is 29.6. The maximum atomic E-state index is 13.9. The van der Waals surface area contributed by atoms with Gasteiger partial charge in [0.05, 0.1) is 58.0 Å². The van der Waals surface area contributed by atoms with Crippen molar-refractivity contribution < 1.29 is 99.9 Å². The molecule has 0 aromatic heterocycles. The number of ketones is 1. The predicted molar refractivity (Wildman–Crippen MR) is 337 cm³/mol. The number of nitrogens with one attached hydrogen (secondary N) is 3. The van der Waals surface area contributed by atoms with E-state index in [2.05, 4.69) is 78.3 Å². The molecule has 1 aromatic rings. The van der Waals surface area contributed by atoms with Crippen LogP contribution in [-0.4, -0.2) is 176 Å². The highest BCUT2D eigenvalue weighted by molar-refractivity contribution is 5.79. The molecule has 3 aliphatic heterocycles. The van der Waals surface area contributed by atoms with E-state index in [1.807, 2.05) is 30.3 Å². The van der Waals surface area contributed by atoms with Crippen LogP contribution in [0.15, 0.2) is 30.3 Å². The van der Waals surface area contributed by atoms with E-state index in [-0.39, 0.29) is 218 Å². The van der Waals surface area contributed by atoms with E-state index in [1.54, 1.807) is 0 Å². The zero-order valence-corrected chi connectivity index (χ0v) is 57.0. The van der Waals surface area contributed by atoms with Gasteiger partial charge in [-0.15, -0.1) is 0 Å². The first-order valence-corrected chi connectivity index (χ1v) is 33.4. The lowest BCUT2D eigenvalue weighted by molar-refractivity contribution is -0.255. The van der Waals surface area contributed by atoms with Gasteiger partial charge in [-0.3, -0.25) is 38.4 Å². The van der Waals surface area contributed by atoms with Gasteiger partial charge in [-0.2, -0.15) is 0 Å². The van der Waals surface area contributed by atoms with Crippen LogP contribution in [0.25, 0.3) is 0 Å². The molecule has 3 heterocycles. The van der Waals surface area contributed by atoms with Crippen LogP contribution in [0.3, 0.4) is 0 Å². The van der Waals surface area contributed by atoms with Gasteiger partial charge in [-0.25, -0.2) is 0 Å². The average Bonchev–Trinajstić information content (AvgIpc) is 3.14. The monoisotopic (exact) mass is 1310 g/mol. The molecule has 16 atom stereocenters. The van der Waals surface area contributed by atoms with Crippen molar-refractivity contribution in [1.82, 2.24) is 16.0 Å². The van der Waals surface area contributed by atoms with E-state index < -0.39 is 36.3 Å². The molecule has 24 nitrogen and oxygen atoms in total. The third-order valence-electron chi connectivity index (χ3n) is 18.4. The van der Waals surface area contributed by atoms with Crippen LogP contribution in [-0.2, 0) is 107 Å². The predicted octanol–water partition coefficient (Wildman–Crippen LogP) is 7.71. The minimum Gasteiger partial charge on any atom is -0.463 e. The number of hydrogen-bond donors (Lipinski definition) is 3. The molecule has 0 radical (unpaired) electrons. The summed E-state index contributed by atoms with van der Waals surface area (Å²) in [5, 5.41) is 8.70. The lowest BCUT2D eigenvalue weighted by Crippen LogP contribution is -2.59. The minimum absolute atomic E-state index is 0.00239. The fourth-order valence-corrected chi connectivity index (χ4v) is 11.3. The second-order valence-corrected chi connectivity index (χ2v) is 25.6. The van der Waals surface area contributed by atoms with Crippen molar-refractivity contribution in [1.29, 1.82) is 0 Å². The summed E-state index contributed by atoms with van der Waals surface area (Å²) in [5.41, 5.74) is -0.574. The Balaban J connectivity index is 1.35. The largest absolute Gasteiger partial charge is 0.463 e. The molecule has 0 saturated carbocycles. The number of hydrogen-bond acceptors (Lipinski definition) is 21. The van der Waals surface area contributed by atoms with Gasteiger partial charge in [0.25, 0.3) is 0 Å². The van der Waals surface area contributed by atoms with Crippen LogP contribution >= 0.6 is 0 Å². The van der Waals surface area contributed by atoms with Gasteiger partial charge in [-0.05, 0) is 79.6 Å². The highest BCUT2D eigenvalue weighted by atomic mass is 16.7. The van der Waals surface area contributed by atoms with Crippen LogP contribution in [0, 0.1) is 53.3 Å². The Morgan fingerprint density at radius 2 is 0.859 bits per heavy atom. The van der Waals surface area contributed by atoms with Crippen LogP contribution < -0.4 is 16.0 Å². The molecule has 0 bridgehead atoms. The Morgan fingerprint density at radius 3 is 1.35 bits per heavy atom. The molecule has 3 aliphatic rings. The number of carbonyl (C=O) groups excluding carboxylic acids is 8. The van der Waals surface area contributed by atoms with Crippen molar-refractivity contribution in [3.63, 3.8) is 0 Å². The molecule has 1 aromatic carbocycles. The molecule has 24 heteroatoms. The molecule has 7 unspecified atom stereocenters. The number of amides is 3. The standard InChI is InChI=1S/C68H111N3O21/c1-44-47(4)58(37-86-53(10)72)90-65(50(44)7)83-31-18-16-24-57(75)28-34-80-40-68(71-63(78)26-20-27-64(79)89-36-56-22-14-13-15-23-56,41-81-35-29-62(77)69-30-21-33-85-67-52(9)46(3)49(6)60(92-67)39-88-55(12)74)42-82-43-70-61(76)25-17-19-32-84-66-51(8)45(2)48(5)59(91-66)38-87-54(11)73/h13-15,22-23,44-52,58-60,65-67H,16-21,24-43H2,1-12H3,(H,69,77)(H,70,76)(H,71,78)/t44-,45-,46-,47+,48+,49+,50?,51?,52?,58?,59?,60?,65+,66+,67+,68?/m0/s1. The number of ether oxygens (including phenoxy) is 13. The molecule has 3 amide bonds. The molecular formula is C68H111N3O21. The van der Waals surface area contributed by atoms with Gasteiger partial charge < -0.3 is 77.5 Å². The molecular weight excluding hydrogens is 1190 g/mol. The van der Waals surface area contributed by atoms with Gasteiger partial charge in [-0.1, -0.05) is 92.6 Å². The molecule has 3 saturated heterocycles. The SMILES string of the molecule is CC(=O)OCC1O[C@@H](OCCCCC(=O)CCOCC(COCCC(=O)NCCCO[C@@H]2OC(COC(C)=O)[C@H](C)[C@H](C)C2C)(COCNC(=O)CCCCO[C@@H]2OC(COC(C)=O)[C@H](C)[C@H](C)C2C)NC(=O)CCCC(=O)OCc2ccccc2)C(C)[C@@H](C)[C@H]1C. The zero-order valence-electron chi connectivity index (χ0n) is 57.0. The van der Waals surface area contributed by atoms with E-state index >= 15 is 0 Å². The Kier molecular flexibility index (Phi) is 37.1. The number of unbranched alkanes of at least 4 members (excludes halogenated alkanes) is 2. The topological polar surface area (TPSA) is 293 Å². The molecule has 92 heavy (non-hydrogen) atoms. The van der Waals surface area contributed by atoms with Crippen molar-refractivity contribution in [3.8, 4) is 0 Å². The second-order valence-electron chi connectivity index (χ2n) is 25.6. The first-order valence-electron chi connectivity index (χ1n) is 33.4. The Hall–Kier alpha value is -5.18. The van der Waals surface area contributed by atoms with E-state index in [0.717, 1.165) is 5.56 Å². The summed E-state index contributed by atoms with van der Waals surface area (Å²) >= 11 is 0. The Bertz CT molecular complexity index is 2170. The van der Waals surface area contributed by atoms with E-state index in [4.69, 9.17) is 61.6 Å². The second kappa shape index (κ2) is 43.0. The van der Waals surface area contributed by atoms with E-state index in [1.165, 1.54) is 20.8 Å². The lowest BCUT2D eigenvalue weighted by atomic mass is 9.79. The van der Waals surface area contributed by atoms with Crippen molar-refractivity contribution in [3.05, 3.63) is 35.9 Å². The number of esters is 4. The first kappa shape index (κ1) is 79.3. The maximum absolute atomic E-state index is 13.9. The van der Waals surface area contributed by atoms with E-state index in [0.29, 0.717) is 58.5 Å². The van der Waals surface area contributed by atoms with Crippen molar-refractivity contribution in [2.75, 3.05) is 86.0 Å². The Morgan fingerprint density at radius 1 is 0.424 bits per heavy atom. The fraction of sp³-hybridized carbons (Fsp3) is 0.794. The highest BCUT2D eigenvalue weighted by Gasteiger charge is 2.43. The maximum Gasteiger partial charge on any atom is 0.306 e. The van der Waals surface area contributed by atoms with Gasteiger partial charge in [0.1, 0.15) is 44.5 Å². The summed E-state index contributed by atoms with van der Waals surface area (Å²) in [6, 6.07) is 9.25. The van der Waals surface area contributed by atoms with Crippen molar-refractivity contribution in [2.45, 2.75) is 209 Å². The number of rotatable bonds is 44. The van der Waals surface area contributed by atoms with Crippen molar-refractivity contribution >= 4 is 47.4 Å². The number of Topliss-reactive ketones (excluding diaryl/α,β-unsaturated/α-hetero) is 1. The van der Waals surface area contributed by atoms with Crippen LogP contribution in [0.1, 0.15) is 166 Å². The first-order chi connectivity index (χ1) is 43.9. The number of benzene rings is 1. The third-order valence-corrected chi connectivity index (χ3v) is 18.4. The van der Waals surface area contributed by atoms with Crippen LogP contribution in [0.4, 0.5) is 0 Å². The molecule has 4 rings (SSSR count). The smallest absolute Gasteiger partial charge is 0.306 e. The lowest BCUT2D eigenvalue weighted by Gasteiger charge is -2.43. The normalized spacial score (nSPS) is 27.0. The minimum atomic E-state index is -1.40. The summed E-state index contributed by atoms with van der Waals surface area (Å²) in [4.78, 5) is 101. The van der Waals surface area contributed by atoms with Gasteiger partial charge in [0.2, 0.25) is 17.7 Å². The van der Waals surface area contributed by atoms with Crippen LogP contribution in [0.5, 0.6) is 0 Å². The molecule has 0 aliphatic carbocycles. The summed E-state index contributed by atoms with van der Waals surface area (Å²) in [7, 11) is 0. The average molecular weight is 1310 g/mol. The Labute approximate surface area is 545 Å². The van der Waals surface area contributed by atoms with Gasteiger partial charge in [0.15, 0.2) is 18.9 Å². The van der Waals surface area contributed by atoms with E-state index in [9.17, 15) is 38.4 Å². The van der Waals surface area contributed by atoms with Gasteiger partial charge in [0, 0.05) is 96.8 Å². The molecule has 3 N–H and O–H groups in total. The summed E-state index contributed by atoms with van der Waals surface area (Å²) in [5.74, 6) is -1.09. The molecule has 524 valence electrons. The summed E-state index contributed by atoms with van der Waals surface area (Å²) in [6.07, 6.45) is 0.945. The quantitative estimate of drug-likeness (QED) is 0.0244. The van der Waals surface area contributed by atoms with Gasteiger partial charge >= 0.3 is 23.9 Å².